The maximum atomic E-state index is 11.5. The first-order valence-corrected chi connectivity index (χ1v) is 6.23. The molecule has 1 N–H and O–H groups in total. The van der Waals surface area contributed by atoms with E-state index in [-0.39, 0.29) is 11.4 Å². The molecule has 0 saturated carbocycles. The fourth-order valence-electron chi connectivity index (χ4n) is 2.57. The third-order valence-electron chi connectivity index (χ3n) is 3.77. The summed E-state index contributed by atoms with van der Waals surface area (Å²) in [5.41, 5.74) is -0.950. The average Bonchev–Trinajstić information content (AvgIpc) is 2.81. The lowest BCUT2D eigenvalue weighted by molar-refractivity contribution is -0.384. The van der Waals surface area contributed by atoms with E-state index in [0.717, 1.165) is 0 Å². The van der Waals surface area contributed by atoms with Crippen LogP contribution in [0.25, 0.3) is 0 Å². The van der Waals surface area contributed by atoms with Gasteiger partial charge in [-0.3, -0.25) is 10.1 Å². The summed E-state index contributed by atoms with van der Waals surface area (Å²) in [5.74, 6) is -0.516. The molecule has 108 valence electrons. The zero-order valence-electron chi connectivity index (χ0n) is 11.3. The largest absolute Gasteiger partial charge is 0.497 e. The number of benzene rings is 1. The number of hydrogen-bond donors (Lipinski definition) is 1. The summed E-state index contributed by atoms with van der Waals surface area (Å²) in [6, 6.07) is 4.36. The molecule has 1 heterocycles. The van der Waals surface area contributed by atoms with Gasteiger partial charge in [0.25, 0.3) is 5.69 Å². The molecule has 0 radical (unpaired) electrons. The molecular weight excluding hydrogens is 264 g/mol. The number of carboxylic acid groups (broad SMARTS) is 1. The first kappa shape index (κ1) is 14.1. The first-order chi connectivity index (χ1) is 9.40. The van der Waals surface area contributed by atoms with E-state index < -0.39 is 16.4 Å². The minimum Gasteiger partial charge on any atom is -0.497 e. The van der Waals surface area contributed by atoms with Crippen LogP contribution in [-0.4, -0.2) is 35.2 Å². The van der Waals surface area contributed by atoms with Gasteiger partial charge in [-0.25, -0.2) is 4.79 Å². The summed E-state index contributed by atoms with van der Waals surface area (Å²) < 4.78 is 5.08. The van der Waals surface area contributed by atoms with E-state index in [1.54, 1.807) is 11.8 Å². The van der Waals surface area contributed by atoms with Crippen LogP contribution in [0, 0.1) is 10.1 Å². The predicted octanol–water partition coefficient (Wildman–Crippen LogP) is 2.05. The number of nitro groups is 1. The van der Waals surface area contributed by atoms with Crippen LogP contribution in [-0.2, 0) is 4.79 Å². The highest BCUT2D eigenvalue weighted by molar-refractivity contribution is 5.85. The number of carboxylic acids is 1. The Morgan fingerprint density at radius 2 is 2.25 bits per heavy atom. The SMILES string of the molecule is COc1ccc([N+](=O)[O-])c(N2CCCC2(C)C(=O)O)c1. The molecule has 2 rings (SSSR count). The van der Waals surface area contributed by atoms with Gasteiger partial charge in [0.05, 0.1) is 12.0 Å². The Labute approximate surface area is 115 Å². The highest BCUT2D eigenvalue weighted by Gasteiger charge is 2.45. The Kier molecular flexibility index (Phi) is 3.52. The molecule has 1 aromatic carbocycles. The van der Waals surface area contributed by atoms with Gasteiger partial charge in [-0.2, -0.15) is 0 Å². The Hall–Kier alpha value is -2.31. The molecule has 1 atom stereocenters. The van der Waals surface area contributed by atoms with Crippen LogP contribution in [0.3, 0.4) is 0 Å². The summed E-state index contributed by atoms with van der Waals surface area (Å²) in [5, 5.41) is 20.6. The normalized spacial score (nSPS) is 21.8. The van der Waals surface area contributed by atoms with Crippen molar-refractivity contribution in [1.29, 1.82) is 0 Å². The molecule has 1 aliphatic rings. The molecule has 1 fully saturated rings. The van der Waals surface area contributed by atoms with E-state index in [9.17, 15) is 20.0 Å². The highest BCUT2D eigenvalue weighted by Crippen LogP contribution is 2.40. The first-order valence-electron chi connectivity index (χ1n) is 6.23. The maximum Gasteiger partial charge on any atom is 0.329 e. The fraction of sp³-hybridized carbons (Fsp3) is 0.462. The van der Waals surface area contributed by atoms with Gasteiger partial charge in [0.2, 0.25) is 0 Å². The second kappa shape index (κ2) is 4.99. The topological polar surface area (TPSA) is 92.9 Å². The maximum absolute atomic E-state index is 11.5. The summed E-state index contributed by atoms with van der Waals surface area (Å²) in [7, 11) is 1.46. The average molecular weight is 280 g/mol. The predicted molar refractivity (Wildman–Crippen MR) is 72.3 cm³/mol. The number of hydrogen-bond acceptors (Lipinski definition) is 5. The Balaban J connectivity index is 2.55. The van der Waals surface area contributed by atoms with Crippen molar-refractivity contribution in [2.45, 2.75) is 25.3 Å². The van der Waals surface area contributed by atoms with Crippen molar-refractivity contribution in [2.75, 3.05) is 18.6 Å². The van der Waals surface area contributed by atoms with Crippen LogP contribution in [0.2, 0.25) is 0 Å². The Morgan fingerprint density at radius 3 is 2.80 bits per heavy atom. The third-order valence-corrected chi connectivity index (χ3v) is 3.77. The molecule has 0 aliphatic carbocycles. The lowest BCUT2D eigenvalue weighted by atomic mass is 9.98. The minimum atomic E-state index is -1.13. The van der Waals surface area contributed by atoms with E-state index in [4.69, 9.17) is 4.74 Å². The lowest BCUT2D eigenvalue weighted by Gasteiger charge is -2.32. The molecule has 1 unspecified atom stereocenters. The number of carbonyl (C=O) groups is 1. The van der Waals surface area contributed by atoms with Crippen LogP contribution < -0.4 is 9.64 Å². The molecule has 0 bridgehead atoms. The van der Waals surface area contributed by atoms with Gasteiger partial charge in [-0.15, -0.1) is 0 Å². The molecule has 20 heavy (non-hydrogen) atoms. The molecular formula is C13H16N2O5. The molecule has 0 aromatic heterocycles. The number of nitro benzene ring substituents is 1. The third kappa shape index (κ3) is 2.15. The Bertz CT molecular complexity index is 560. The standard InChI is InChI=1S/C13H16N2O5/c1-13(12(16)17)6-3-7-14(13)11-8-9(20-2)4-5-10(11)15(18)19/h4-5,8H,3,6-7H2,1-2H3,(H,16,17). The van der Waals surface area contributed by atoms with E-state index in [1.807, 2.05) is 0 Å². The molecule has 0 spiro atoms. The fourth-order valence-corrected chi connectivity index (χ4v) is 2.57. The van der Waals surface area contributed by atoms with Crippen LogP contribution in [0.4, 0.5) is 11.4 Å². The molecule has 7 heteroatoms. The second-order valence-electron chi connectivity index (χ2n) is 4.95. The lowest BCUT2D eigenvalue weighted by Crippen LogP contribution is -2.48. The number of rotatable bonds is 4. The van der Waals surface area contributed by atoms with Gasteiger partial charge >= 0.3 is 5.97 Å². The van der Waals surface area contributed by atoms with Crippen molar-refractivity contribution < 1.29 is 19.6 Å². The van der Waals surface area contributed by atoms with Crippen molar-refractivity contribution in [3.8, 4) is 5.75 Å². The van der Waals surface area contributed by atoms with Gasteiger partial charge in [0.15, 0.2) is 0 Å². The van der Waals surface area contributed by atoms with Crippen molar-refractivity contribution in [1.82, 2.24) is 0 Å². The van der Waals surface area contributed by atoms with Gasteiger partial charge < -0.3 is 14.7 Å². The van der Waals surface area contributed by atoms with Crippen molar-refractivity contribution in [3.63, 3.8) is 0 Å². The van der Waals surface area contributed by atoms with Crippen LogP contribution in [0.15, 0.2) is 18.2 Å². The second-order valence-corrected chi connectivity index (χ2v) is 4.95. The molecule has 1 saturated heterocycles. The van der Waals surface area contributed by atoms with E-state index in [1.165, 1.54) is 25.3 Å². The zero-order valence-corrected chi connectivity index (χ0v) is 11.3. The zero-order chi connectivity index (χ0) is 14.9. The number of aliphatic carboxylic acids is 1. The molecule has 1 aliphatic heterocycles. The number of methoxy groups -OCH3 is 1. The van der Waals surface area contributed by atoms with E-state index in [2.05, 4.69) is 0 Å². The highest BCUT2D eigenvalue weighted by atomic mass is 16.6. The van der Waals surface area contributed by atoms with Gasteiger partial charge in [0, 0.05) is 18.7 Å². The van der Waals surface area contributed by atoms with Crippen molar-refractivity contribution in [2.24, 2.45) is 0 Å². The molecule has 0 amide bonds. The monoisotopic (exact) mass is 280 g/mol. The summed E-state index contributed by atoms with van der Waals surface area (Å²) in [4.78, 5) is 23.7. The minimum absolute atomic E-state index is 0.111. The van der Waals surface area contributed by atoms with Gasteiger partial charge in [-0.1, -0.05) is 0 Å². The number of nitrogens with zero attached hydrogens (tertiary/aromatic N) is 2. The van der Waals surface area contributed by atoms with Gasteiger partial charge in [0.1, 0.15) is 17.0 Å². The number of ether oxygens (including phenoxy) is 1. The summed E-state index contributed by atoms with van der Waals surface area (Å²) in [6.45, 7) is 2.06. The van der Waals surface area contributed by atoms with Crippen molar-refractivity contribution in [3.05, 3.63) is 28.3 Å². The van der Waals surface area contributed by atoms with Crippen LogP contribution in [0.5, 0.6) is 5.75 Å². The summed E-state index contributed by atoms with van der Waals surface area (Å²) in [6.07, 6.45) is 1.13. The van der Waals surface area contributed by atoms with Crippen LogP contribution >= 0.6 is 0 Å². The smallest absolute Gasteiger partial charge is 0.329 e. The molecule has 1 aromatic rings. The Morgan fingerprint density at radius 1 is 1.55 bits per heavy atom. The van der Waals surface area contributed by atoms with E-state index >= 15 is 0 Å². The van der Waals surface area contributed by atoms with Crippen molar-refractivity contribution >= 4 is 17.3 Å². The quantitative estimate of drug-likeness (QED) is 0.670. The molecule has 7 nitrogen and oxygen atoms in total. The van der Waals surface area contributed by atoms with Gasteiger partial charge in [-0.05, 0) is 25.8 Å². The van der Waals surface area contributed by atoms with E-state index in [0.29, 0.717) is 25.1 Å². The summed E-state index contributed by atoms with van der Waals surface area (Å²) >= 11 is 0. The number of anilines is 1. The van der Waals surface area contributed by atoms with Crippen LogP contribution in [0.1, 0.15) is 19.8 Å².